The van der Waals surface area contributed by atoms with Gasteiger partial charge in [-0.2, -0.15) is 0 Å². The van der Waals surface area contributed by atoms with Gasteiger partial charge in [0.05, 0.1) is 24.9 Å². The fourth-order valence-corrected chi connectivity index (χ4v) is 3.22. The lowest BCUT2D eigenvalue weighted by molar-refractivity contribution is -0.0708. The number of carbonyl (C=O) groups is 1. The zero-order valence-corrected chi connectivity index (χ0v) is 14.4. The van der Waals surface area contributed by atoms with E-state index in [1.54, 1.807) is 18.1 Å². The third kappa shape index (κ3) is 3.49. The van der Waals surface area contributed by atoms with E-state index in [-0.39, 0.29) is 18.1 Å². The molecule has 24 heavy (non-hydrogen) atoms. The Morgan fingerprint density at radius 3 is 2.83 bits per heavy atom. The molecule has 0 spiro atoms. The highest BCUT2D eigenvalue weighted by atomic mass is 16.5. The summed E-state index contributed by atoms with van der Waals surface area (Å²) in [5, 5.41) is 0. The zero-order chi connectivity index (χ0) is 17.1. The lowest BCUT2D eigenvalue weighted by Crippen LogP contribution is -2.48. The van der Waals surface area contributed by atoms with Gasteiger partial charge in [0.1, 0.15) is 11.5 Å². The number of aryl methyl sites for hydroxylation is 1. The van der Waals surface area contributed by atoms with Crippen LogP contribution in [0.2, 0.25) is 0 Å². The Balaban J connectivity index is 1.75. The highest BCUT2D eigenvalue weighted by Crippen LogP contribution is 2.28. The molecule has 0 unspecified atom stereocenters. The summed E-state index contributed by atoms with van der Waals surface area (Å²) in [5.41, 5.74) is 1.72. The van der Waals surface area contributed by atoms with Crippen LogP contribution in [-0.4, -0.2) is 65.6 Å². The number of ether oxygens (including phenoxy) is 1. The maximum atomic E-state index is 12.5. The van der Waals surface area contributed by atoms with E-state index < -0.39 is 0 Å². The Labute approximate surface area is 142 Å². The van der Waals surface area contributed by atoms with E-state index in [0.717, 1.165) is 12.4 Å². The second-order valence-corrected chi connectivity index (χ2v) is 6.31. The summed E-state index contributed by atoms with van der Waals surface area (Å²) < 4.78 is 6.02. The monoisotopic (exact) mass is 328 g/mol. The SMILES string of the molecule is Cc1ncc(C(=O)N(C)C[C@@H]2OCCN(C)[C@H]2c2ccccc2)[nH]1. The molecule has 128 valence electrons. The summed E-state index contributed by atoms with van der Waals surface area (Å²) in [7, 11) is 3.91. The molecule has 2 heterocycles. The van der Waals surface area contributed by atoms with Crippen molar-refractivity contribution in [2.24, 2.45) is 0 Å². The van der Waals surface area contributed by atoms with Crippen molar-refractivity contribution < 1.29 is 9.53 Å². The molecule has 1 fully saturated rings. The number of nitrogens with one attached hydrogen (secondary N) is 1. The van der Waals surface area contributed by atoms with Crippen molar-refractivity contribution in [3.8, 4) is 0 Å². The summed E-state index contributed by atoms with van der Waals surface area (Å²) in [5.74, 6) is 0.668. The minimum atomic E-state index is -0.0701. The first kappa shape index (κ1) is 16.7. The standard InChI is InChI=1S/C18H24N4O2/c1-13-19-11-15(20-13)18(23)22(3)12-16-17(21(2)9-10-24-16)14-7-5-4-6-8-14/h4-8,11,16-17H,9-10,12H2,1-3H3,(H,19,20)/t16-,17-/m0/s1. The van der Waals surface area contributed by atoms with Crippen LogP contribution in [0.15, 0.2) is 36.5 Å². The van der Waals surface area contributed by atoms with Gasteiger partial charge in [0.25, 0.3) is 5.91 Å². The van der Waals surface area contributed by atoms with Gasteiger partial charge in [0.15, 0.2) is 0 Å². The van der Waals surface area contributed by atoms with E-state index in [1.807, 2.05) is 25.1 Å². The van der Waals surface area contributed by atoms with Crippen molar-refractivity contribution in [2.75, 3.05) is 33.8 Å². The van der Waals surface area contributed by atoms with Crippen LogP contribution in [0.5, 0.6) is 0 Å². The van der Waals surface area contributed by atoms with Gasteiger partial charge in [-0.05, 0) is 19.5 Å². The van der Waals surface area contributed by atoms with E-state index in [0.29, 0.717) is 18.8 Å². The number of rotatable bonds is 4. The van der Waals surface area contributed by atoms with Crippen LogP contribution in [-0.2, 0) is 4.74 Å². The Morgan fingerprint density at radius 1 is 1.42 bits per heavy atom. The van der Waals surface area contributed by atoms with Crippen molar-refractivity contribution in [1.29, 1.82) is 0 Å². The first-order valence-corrected chi connectivity index (χ1v) is 8.20. The number of carbonyl (C=O) groups excluding carboxylic acids is 1. The average molecular weight is 328 g/mol. The molecule has 0 bridgehead atoms. The smallest absolute Gasteiger partial charge is 0.271 e. The lowest BCUT2D eigenvalue weighted by Gasteiger charge is -2.40. The van der Waals surface area contributed by atoms with E-state index in [4.69, 9.17) is 4.74 Å². The van der Waals surface area contributed by atoms with Gasteiger partial charge in [0.2, 0.25) is 0 Å². The first-order chi connectivity index (χ1) is 11.6. The number of hydrogen-bond donors (Lipinski definition) is 1. The summed E-state index contributed by atoms with van der Waals surface area (Å²) >= 11 is 0. The summed E-state index contributed by atoms with van der Waals surface area (Å²) in [6.45, 7) is 3.92. The van der Waals surface area contributed by atoms with Crippen LogP contribution in [0.25, 0.3) is 0 Å². The predicted octanol–water partition coefficient (Wildman–Crippen LogP) is 1.86. The largest absolute Gasteiger partial charge is 0.373 e. The van der Waals surface area contributed by atoms with Gasteiger partial charge in [0, 0.05) is 20.1 Å². The molecule has 2 aromatic rings. The molecule has 0 aliphatic carbocycles. The molecule has 1 saturated heterocycles. The maximum Gasteiger partial charge on any atom is 0.271 e. The molecule has 1 aromatic carbocycles. The highest BCUT2D eigenvalue weighted by molar-refractivity contribution is 5.92. The second-order valence-electron chi connectivity index (χ2n) is 6.31. The Bertz CT molecular complexity index is 685. The summed E-state index contributed by atoms with van der Waals surface area (Å²) in [6.07, 6.45) is 1.51. The number of aromatic nitrogens is 2. The molecule has 1 amide bonds. The number of imidazole rings is 1. The molecule has 6 heteroatoms. The summed E-state index contributed by atoms with van der Waals surface area (Å²) in [6, 6.07) is 10.5. The molecular formula is C18H24N4O2. The van der Waals surface area contributed by atoms with Crippen molar-refractivity contribution in [3.63, 3.8) is 0 Å². The average Bonchev–Trinajstić information content (AvgIpc) is 3.01. The molecule has 6 nitrogen and oxygen atoms in total. The Hall–Kier alpha value is -2.18. The number of aromatic amines is 1. The number of nitrogens with zero attached hydrogens (tertiary/aromatic N) is 3. The topological polar surface area (TPSA) is 61.5 Å². The molecule has 1 N–H and O–H groups in total. The fraction of sp³-hybridized carbons (Fsp3) is 0.444. The quantitative estimate of drug-likeness (QED) is 0.931. The van der Waals surface area contributed by atoms with E-state index in [2.05, 4.69) is 34.0 Å². The number of hydrogen-bond acceptors (Lipinski definition) is 4. The zero-order valence-electron chi connectivity index (χ0n) is 14.4. The lowest BCUT2D eigenvalue weighted by atomic mass is 9.98. The third-order valence-corrected chi connectivity index (χ3v) is 4.48. The van der Waals surface area contributed by atoms with Crippen LogP contribution in [0.3, 0.4) is 0 Å². The Morgan fingerprint density at radius 2 is 2.17 bits per heavy atom. The van der Waals surface area contributed by atoms with Crippen LogP contribution in [0.4, 0.5) is 0 Å². The van der Waals surface area contributed by atoms with Gasteiger partial charge in [-0.3, -0.25) is 9.69 Å². The molecule has 1 aliphatic rings. The van der Waals surface area contributed by atoms with Crippen LogP contribution < -0.4 is 0 Å². The van der Waals surface area contributed by atoms with Crippen LogP contribution >= 0.6 is 0 Å². The minimum absolute atomic E-state index is 0.0656. The third-order valence-electron chi connectivity index (χ3n) is 4.48. The van der Waals surface area contributed by atoms with Crippen molar-refractivity contribution in [3.05, 3.63) is 53.6 Å². The van der Waals surface area contributed by atoms with Gasteiger partial charge >= 0.3 is 0 Å². The maximum absolute atomic E-state index is 12.5. The number of morpholine rings is 1. The van der Waals surface area contributed by atoms with Crippen LogP contribution in [0.1, 0.15) is 27.9 Å². The molecular weight excluding hydrogens is 304 g/mol. The van der Waals surface area contributed by atoms with Crippen molar-refractivity contribution in [2.45, 2.75) is 19.1 Å². The van der Waals surface area contributed by atoms with Gasteiger partial charge in [-0.1, -0.05) is 30.3 Å². The van der Waals surface area contributed by atoms with E-state index in [9.17, 15) is 4.79 Å². The van der Waals surface area contributed by atoms with E-state index in [1.165, 1.54) is 5.56 Å². The van der Waals surface area contributed by atoms with Gasteiger partial charge in [-0.15, -0.1) is 0 Å². The molecule has 1 aromatic heterocycles. The highest BCUT2D eigenvalue weighted by Gasteiger charge is 2.33. The molecule has 0 saturated carbocycles. The molecule has 0 radical (unpaired) electrons. The number of likely N-dealkylation sites (N-methyl/N-ethyl adjacent to an activating group) is 2. The predicted molar refractivity (Wildman–Crippen MR) is 91.8 cm³/mol. The second kappa shape index (κ2) is 7.15. The number of H-pyrrole nitrogens is 1. The number of benzene rings is 1. The van der Waals surface area contributed by atoms with E-state index >= 15 is 0 Å². The fourth-order valence-electron chi connectivity index (χ4n) is 3.22. The molecule has 3 rings (SSSR count). The Kier molecular flexibility index (Phi) is 4.97. The normalized spacial score (nSPS) is 21.6. The van der Waals surface area contributed by atoms with Crippen molar-refractivity contribution in [1.82, 2.24) is 19.8 Å². The molecule has 1 aliphatic heterocycles. The minimum Gasteiger partial charge on any atom is -0.373 e. The number of amides is 1. The summed E-state index contributed by atoms with van der Waals surface area (Å²) in [4.78, 5) is 23.6. The van der Waals surface area contributed by atoms with Crippen LogP contribution in [0, 0.1) is 6.92 Å². The van der Waals surface area contributed by atoms with Crippen molar-refractivity contribution >= 4 is 5.91 Å². The van der Waals surface area contributed by atoms with Gasteiger partial charge < -0.3 is 14.6 Å². The van der Waals surface area contributed by atoms with Gasteiger partial charge in [-0.25, -0.2) is 4.98 Å². The first-order valence-electron chi connectivity index (χ1n) is 8.20. The molecule has 2 atom stereocenters.